The van der Waals surface area contributed by atoms with Crippen LogP contribution in [-0.2, 0) is 6.61 Å². The number of hydrogen-bond donors (Lipinski definition) is 1. The first-order valence-corrected chi connectivity index (χ1v) is 6.06. The van der Waals surface area contributed by atoms with Gasteiger partial charge in [0.25, 0.3) is 0 Å². The van der Waals surface area contributed by atoms with Crippen molar-refractivity contribution in [1.82, 2.24) is 0 Å². The molecule has 0 unspecified atom stereocenters. The number of hydrogen-bond acceptors (Lipinski definition) is 2. The molecule has 0 saturated heterocycles. The van der Waals surface area contributed by atoms with Gasteiger partial charge in [-0.05, 0) is 18.2 Å². The van der Waals surface area contributed by atoms with Gasteiger partial charge in [0.1, 0.15) is 12.4 Å². The van der Waals surface area contributed by atoms with Crippen molar-refractivity contribution in [1.29, 1.82) is 0 Å². The second-order valence-electron chi connectivity index (χ2n) is 4.08. The van der Waals surface area contributed by atoms with Gasteiger partial charge in [-0.1, -0.05) is 23.7 Å². The molecule has 0 spiro atoms. The predicted molar refractivity (Wildman–Crippen MR) is 69.1 cm³/mol. The van der Waals surface area contributed by atoms with Gasteiger partial charge in [-0.25, -0.2) is 18.0 Å². The number of aromatic carboxylic acids is 1. The van der Waals surface area contributed by atoms with Gasteiger partial charge in [0, 0.05) is 5.56 Å². The van der Waals surface area contributed by atoms with Gasteiger partial charge < -0.3 is 9.84 Å². The lowest BCUT2D eigenvalue weighted by atomic mass is 10.2. The maximum absolute atomic E-state index is 13.6. The molecule has 0 amide bonds. The van der Waals surface area contributed by atoms with Gasteiger partial charge in [0.05, 0.1) is 10.6 Å². The lowest BCUT2D eigenvalue weighted by Gasteiger charge is -2.10. The summed E-state index contributed by atoms with van der Waals surface area (Å²) in [7, 11) is 0. The Hall–Kier alpha value is -2.21. The van der Waals surface area contributed by atoms with Crippen molar-refractivity contribution in [3.63, 3.8) is 0 Å². The largest absolute Gasteiger partial charge is 0.483 e. The second kappa shape index (κ2) is 6.05. The predicted octanol–water partition coefficient (Wildman–Crippen LogP) is 4.03. The molecule has 110 valence electrons. The molecule has 21 heavy (non-hydrogen) atoms. The van der Waals surface area contributed by atoms with Crippen LogP contribution in [0.15, 0.2) is 30.3 Å². The maximum atomic E-state index is 13.6. The van der Waals surface area contributed by atoms with Crippen molar-refractivity contribution in [2.24, 2.45) is 0 Å². The molecule has 1 N–H and O–H groups in total. The summed E-state index contributed by atoms with van der Waals surface area (Å²) in [6, 6.07) is 5.21. The zero-order valence-electron chi connectivity index (χ0n) is 10.4. The Balaban J connectivity index is 2.24. The minimum Gasteiger partial charge on any atom is -0.483 e. The number of carbonyl (C=O) groups is 1. The van der Waals surface area contributed by atoms with Crippen LogP contribution in [0.5, 0.6) is 5.75 Å². The third kappa shape index (κ3) is 3.28. The summed E-state index contributed by atoms with van der Waals surface area (Å²) in [6.45, 7) is -0.364. The molecular formula is C14H8ClF3O3. The summed E-state index contributed by atoms with van der Waals surface area (Å²) in [5.74, 6) is -5.23. The van der Waals surface area contributed by atoms with E-state index in [0.29, 0.717) is 12.1 Å². The van der Waals surface area contributed by atoms with Crippen LogP contribution in [0.1, 0.15) is 15.9 Å². The highest BCUT2D eigenvalue weighted by Crippen LogP contribution is 2.26. The average Bonchev–Trinajstić information content (AvgIpc) is 2.42. The summed E-state index contributed by atoms with van der Waals surface area (Å²) in [5.41, 5.74) is -0.334. The quantitative estimate of drug-likeness (QED) is 0.926. The third-order valence-corrected chi connectivity index (χ3v) is 3.07. The van der Waals surface area contributed by atoms with Crippen LogP contribution in [0.3, 0.4) is 0 Å². The number of carboxylic acids is 1. The molecule has 0 aliphatic heterocycles. The van der Waals surface area contributed by atoms with Crippen LogP contribution in [0.25, 0.3) is 0 Å². The average molecular weight is 317 g/mol. The number of benzene rings is 2. The highest BCUT2D eigenvalue weighted by Gasteiger charge is 2.16. The number of carboxylic acid groups (broad SMARTS) is 1. The minimum atomic E-state index is -1.47. The van der Waals surface area contributed by atoms with E-state index in [4.69, 9.17) is 21.4 Å². The molecule has 0 atom stereocenters. The molecule has 7 heteroatoms. The SMILES string of the molecule is O=C(O)c1cc(F)c(OCc2cccc(F)c2Cl)c(F)c1. The fourth-order valence-electron chi connectivity index (χ4n) is 1.63. The molecule has 0 heterocycles. The molecule has 0 aliphatic carbocycles. The van der Waals surface area contributed by atoms with Crippen molar-refractivity contribution >= 4 is 17.6 Å². The number of halogens is 4. The van der Waals surface area contributed by atoms with E-state index in [9.17, 15) is 18.0 Å². The fourth-order valence-corrected chi connectivity index (χ4v) is 1.81. The standard InChI is InChI=1S/C14H8ClF3O3/c15-12-7(2-1-3-9(12)16)6-21-13-10(17)4-8(14(19)20)5-11(13)18/h1-5H,6H2,(H,19,20). The molecule has 2 rings (SSSR count). The fraction of sp³-hybridized carbons (Fsp3) is 0.0714. The summed E-state index contributed by atoms with van der Waals surface area (Å²) in [6.07, 6.45) is 0. The summed E-state index contributed by atoms with van der Waals surface area (Å²) in [4.78, 5) is 10.6. The Kier molecular flexibility index (Phi) is 4.37. The van der Waals surface area contributed by atoms with E-state index in [2.05, 4.69) is 0 Å². The van der Waals surface area contributed by atoms with Gasteiger partial charge in [-0.2, -0.15) is 0 Å². The van der Waals surface area contributed by atoms with Gasteiger partial charge in [0.15, 0.2) is 17.4 Å². The Morgan fingerprint density at radius 3 is 2.33 bits per heavy atom. The zero-order chi connectivity index (χ0) is 15.6. The molecule has 3 nitrogen and oxygen atoms in total. The van der Waals surface area contributed by atoms with E-state index >= 15 is 0 Å². The van der Waals surface area contributed by atoms with Crippen molar-refractivity contribution in [3.05, 3.63) is 63.9 Å². The molecule has 2 aromatic carbocycles. The van der Waals surface area contributed by atoms with E-state index < -0.39 is 34.7 Å². The number of ether oxygens (including phenoxy) is 1. The van der Waals surface area contributed by atoms with Crippen molar-refractivity contribution in [3.8, 4) is 5.75 Å². The zero-order valence-corrected chi connectivity index (χ0v) is 11.1. The Morgan fingerprint density at radius 2 is 1.76 bits per heavy atom. The van der Waals surface area contributed by atoms with Gasteiger partial charge in [-0.3, -0.25) is 0 Å². The summed E-state index contributed by atoms with van der Waals surface area (Å²) >= 11 is 5.69. The van der Waals surface area contributed by atoms with Crippen LogP contribution in [-0.4, -0.2) is 11.1 Å². The van der Waals surface area contributed by atoms with E-state index in [-0.39, 0.29) is 17.2 Å². The highest BCUT2D eigenvalue weighted by atomic mass is 35.5. The second-order valence-corrected chi connectivity index (χ2v) is 4.45. The molecule has 2 aromatic rings. The van der Waals surface area contributed by atoms with Gasteiger partial charge in [0.2, 0.25) is 0 Å². The topological polar surface area (TPSA) is 46.5 Å². The molecule has 0 radical (unpaired) electrons. The molecular weight excluding hydrogens is 309 g/mol. The van der Waals surface area contributed by atoms with Crippen LogP contribution in [0.2, 0.25) is 5.02 Å². The Labute approximate surface area is 122 Å². The van der Waals surface area contributed by atoms with E-state index in [0.717, 1.165) is 6.07 Å². The van der Waals surface area contributed by atoms with Crippen molar-refractivity contribution in [2.75, 3.05) is 0 Å². The van der Waals surface area contributed by atoms with E-state index in [1.807, 2.05) is 0 Å². The summed E-state index contributed by atoms with van der Waals surface area (Å²) < 4.78 is 45.4. The molecule has 0 saturated carbocycles. The van der Waals surface area contributed by atoms with Crippen molar-refractivity contribution in [2.45, 2.75) is 6.61 Å². The Morgan fingerprint density at radius 1 is 1.14 bits per heavy atom. The van der Waals surface area contributed by atoms with E-state index in [1.54, 1.807) is 0 Å². The highest BCUT2D eigenvalue weighted by molar-refractivity contribution is 6.31. The van der Waals surface area contributed by atoms with Crippen LogP contribution < -0.4 is 4.74 Å². The lowest BCUT2D eigenvalue weighted by molar-refractivity contribution is 0.0695. The van der Waals surface area contributed by atoms with Gasteiger partial charge in [-0.15, -0.1) is 0 Å². The first-order valence-electron chi connectivity index (χ1n) is 5.68. The third-order valence-electron chi connectivity index (χ3n) is 2.65. The smallest absolute Gasteiger partial charge is 0.335 e. The first-order chi connectivity index (χ1) is 9.90. The monoisotopic (exact) mass is 316 g/mol. The normalized spacial score (nSPS) is 10.5. The van der Waals surface area contributed by atoms with Crippen LogP contribution in [0.4, 0.5) is 13.2 Å². The lowest BCUT2D eigenvalue weighted by Crippen LogP contribution is -2.04. The van der Waals surface area contributed by atoms with Crippen LogP contribution >= 0.6 is 11.6 Å². The van der Waals surface area contributed by atoms with Crippen molar-refractivity contribution < 1.29 is 27.8 Å². The van der Waals surface area contributed by atoms with E-state index in [1.165, 1.54) is 12.1 Å². The Bertz CT molecular complexity index is 681. The van der Waals surface area contributed by atoms with Gasteiger partial charge >= 0.3 is 5.97 Å². The number of rotatable bonds is 4. The van der Waals surface area contributed by atoms with Crippen LogP contribution in [0, 0.1) is 17.5 Å². The maximum Gasteiger partial charge on any atom is 0.335 e. The summed E-state index contributed by atoms with van der Waals surface area (Å²) in [5, 5.41) is 8.46. The molecule has 0 bridgehead atoms. The molecule has 0 aromatic heterocycles. The molecule has 0 aliphatic rings. The molecule has 0 fully saturated rings. The minimum absolute atomic E-state index is 0.206. The first kappa shape index (κ1) is 15.2.